The summed E-state index contributed by atoms with van der Waals surface area (Å²) in [5.74, 6) is 0.151. The summed E-state index contributed by atoms with van der Waals surface area (Å²) in [7, 11) is 0. The molecule has 1 rings (SSSR count). The first-order valence-corrected chi connectivity index (χ1v) is 3.52. The topological polar surface area (TPSA) is 34.1 Å². The zero-order valence-electron chi connectivity index (χ0n) is 5.80. The second kappa shape index (κ2) is 3.30. The molecular weight excluding hydrogens is 128 g/mol. The van der Waals surface area contributed by atoms with Crippen LogP contribution < -0.4 is 0 Å². The Balaban J connectivity index is 2.64. The molecule has 1 aliphatic rings. The molecule has 0 aromatic rings. The third-order valence-corrected chi connectivity index (χ3v) is 1.73. The van der Waals surface area contributed by atoms with E-state index in [-0.39, 0.29) is 5.78 Å². The molecule has 0 unspecified atom stereocenters. The molecule has 0 saturated heterocycles. The van der Waals surface area contributed by atoms with Gasteiger partial charge in [-0.05, 0) is 30.9 Å². The molecule has 0 bridgehead atoms. The van der Waals surface area contributed by atoms with E-state index in [2.05, 4.69) is 0 Å². The fraction of sp³-hybridized carbons (Fsp3) is 0.500. The quantitative estimate of drug-likeness (QED) is 0.403. The highest BCUT2D eigenvalue weighted by molar-refractivity contribution is 5.98. The van der Waals surface area contributed by atoms with E-state index in [1.165, 1.54) is 6.08 Å². The van der Waals surface area contributed by atoms with E-state index in [0.29, 0.717) is 18.3 Å². The Hall–Kier alpha value is -0.920. The van der Waals surface area contributed by atoms with Gasteiger partial charge in [0.25, 0.3) is 0 Å². The highest BCUT2D eigenvalue weighted by atomic mass is 16.1. The van der Waals surface area contributed by atoms with Crippen LogP contribution in [0.1, 0.15) is 25.7 Å². The summed E-state index contributed by atoms with van der Waals surface area (Å²) >= 11 is 0. The summed E-state index contributed by atoms with van der Waals surface area (Å²) in [6.07, 6.45) is 5.53. The van der Waals surface area contributed by atoms with Gasteiger partial charge in [0, 0.05) is 6.42 Å². The van der Waals surface area contributed by atoms with Crippen LogP contribution in [0.15, 0.2) is 11.6 Å². The summed E-state index contributed by atoms with van der Waals surface area (Å²) in [6, 6.07) is 0. The Morgan fingerprint density at radius 1 is 1.20 bits per heavy atom. The number of hydrogen-bond acceptors (Lipinski definition) is 2. The average Bonchev–Trinajstić information content (AvgIpc) is 1.94. The highest BCUT2D eigenvalue weighted by Gasteiger charge is 2.13. The van der Waals surface area contributed by atoms with Crippen LogP contribution in [0.2, 0.25) is 0 Å². The van der Waals surface area contributed by atoms with Crippen molar-refractivity contribution in [2.45, 2.75) is 25.7 Å². The molecule has 0 radical (unpaired) electrons. The van der Waals surface area contributed by atoms with Gasteiger partial charge in [-0.2, -0.15) is 0 Å². The maximum Gasteiger partial charge on any atom is 0.158 e. The molecule has 0 aromatic carbocycles. The third-order valence-electron chi connectivity index (χ3n) is 1.73. The van der Waals surface area contributed by atoms with Crippen LogP contribution >= 0.6 is 0 Å². The third kappa shape index (κ3) is 1.53. The first-order valence-electron chi connectivity index (χ1n) is 3.52. The van der Waals surface area contributed by atoms with Crippen LogP contribution in [0.25, 0.3) is 0 Å². The molecular formula is C8H10O2. The van der Waals surface area contributed by atoms with Gasteiger partial charge in [0.2, 0.25) is 0 Å². The van der Waals surface area contributed by atoms with Gasteiger partial charge in [0.05, 0.1) is 0 Å². The monoisotopic (exact) mass is 138 g/mol. The van der Waals surface area contributed by atoms with Crippen LogP contribution in [0.4, 0.5) is 0 Å². The van der Waals surface area contributed by atoms with E-state index >= 15 is 0 Å². The lowest BCUT2D eigenvalue weighted by Crippen LogP contribution is -2.08. The predicted octanol–water partition coefficient (Wildman–Crippen LogP) is 1.25. The Labute approximate surface area is 59.9 Å². The van der Waals surface area contributed by atoms with E-state index in [9.17, 15) is 9.59 Å². The van der Waals surface area contributed by atoms with Crippen molar-refractivity contribution in [2.24, 2.45) is 0 Å². The van der Waals surface area contributed by atoms with Gasteiger partial charge in [-0.25, -0.2) is 0 Å². The number of Topliss-reactive ketones (excluding diaryl/α,β-unsaturated/α-hetero) is 1. The van der Waals surface area contributed by atoms with Gasteiger partial charge in [-0.1, -0.05) is 0 Å². The Morgan fingerprint density at radius 3 is 2.50 bits per heavy atom. The Kier molecular flexibility index (Phi) is 2.37. The summed E-state index contributed by atoms with van der Waals surface area (Å²) in [5, 5.41) is 0. The number of hydrogen-bond donors (Lipinski definition) is 0. The fourth-order valence-electron chi connectivity index (χ4n) is 1.16. The lowest BCUT2D eigenvalue weighted by Gasteiger charge is -2.10. The molecule has 54 valence electrons. The van der Waals surface area contributed by atoms with Crippen molar-refractivity contribution in [3.63, 3.8) is 0 Å². The van der Waals surface area contributed by atoms with E-state index in [0.717, 1.165) is 19.3 Å². The SMILES string of the molecule is O=CC=C1CCCCC1=O. The van der Waals surface area contributed by atoms with E-state index in [4.69, 9.17) is 0 Å². The largest absolute Gasteiger partial charge is 0.299 e. The minimum Gasteiger partial charge on any atom is -0.299 e. The van der Waals surface area contributed by atoms with E-state index < -0.39 is 0 Å². The van der Waals surface area contributed by atoms with Crippen molar-refractivity contribution in [3.8, 4) is 0 Å². The molecule has 2 heteroatoms. The molecule has 0 amide bonds. The normalized spacial score (nSPS) is 23.2. The van der Waals surface area contributed by atoms with Crippen molar-refractivity contribution in [1.29, 1.82) is 0 Å². The second-order valence-electron chi connectivity index (χ2n) is 2.46. The molecule has 0 aliphatic heterocycles. The Bertz CT molecular complexity index is 180. The van der Waals surface area contributed by atoms with Gasteiger partial charge >= 0.3 is 0 Å². The van der Waals surface area contributed by atoms with Crippen LogP contribution in [0.3, 0.4) is 0 Å². The number of allylic oxidation sites excluding steroid dienone is 2. The number of ketones is 1. The first kappa shape index (κ1) is 7.19. The average molecular weight is 138 g/mol. The van der Waals surface area contributed by atoms with Crippen LogP contribution in [-0.2, 0) is 9.59 Å². The smallest absolute Gasteiger partial charge is 0.158 e. The molecule has 0 spiro atoms. The van der Waals surface area contributed by atoms with Crippen molar-refractivity contribution < 1.29 is 9.59 Å². The summed E-state index contributed by atoms with van der Waals surface area (Å²) in [5.41, 5.74) is 0.709. The molecule has 10 heavy (non-hydrogen) atoms. The standard InChI is InChI=1S/C8H10O2/c9-6-5-7-3-1-2-4-8(7)10/h5-6H,1-4H2. The molecule has 1 fully saturated rings. The zero-order chi connectivity index (χ0) is 7.40. The molecule has 0 heterocycles. The summed E-state index contributed by atoms with van der Waals surface area (Å²) < 4.78 is 0. The van der Waals surface area contributed by atoms with E-state index in [1.54, 1.807) is 0 Å². The summed E-state index contributed by atoms with van der Waals surface area (Å²) in [6.45, 7) is 0. The lowest BCUT2D eigenvalue weighted by atomic mass is 9.94. The number of aldehydes is 1. The summed E-state index contributed by atoms with van der Waals surface area (Å²) in [4.78, 5) is 20.9. The maximum absolute atomic E-state index is 11.0. The number of carbonyl (C=O) groups is 2. The lowest BCUT2D eigenvalue weighted by molar-refractivity contribution is -0.116. The zero-order valence-corrected chi connectivity index (χ0v) is 5.80. The predicted molar refractivity (Wildman–Crippen MR) is 37.6 cm³/mol. The number of carbonyl (C=O) groups excluding carboxylic acids is 2. The number of rotatable bonds is 1. The second-order valence-corrected chi connectivity index (χ2v) is 2.46. The van der Waals surface area contributed by atoms with Crippen molar-refractivity contribution in [2.75, 3.05) is 0 Å². The van der Waals surface area contributed by atoms with Crippen molar-refractivity contribution in [1.82, 2.24) is 0 Å². The van der Waals surface area contributed by atoms with Crippen LogP contribution in [-0.4, -0.2) is 12.1 Å². The molecule has 0 atom stereocenters. The molecule has 0 N–H and O–H groups in total. The van der Waals surface area contributed by atoms with Gasteiger partial charge < -0.3 is 0 Å². The van der Waals surface area contributed by atoms with E-state index in [1.807, 2.05) is 0 Å². The maximum atomic E-state index is 11.0. The van der Waals surface area contributed by atoms with Crippen LogP contribution in [0.5, 0.6) is 0 Å². The van der Waals surface area contributed by atoms with Gasteiger partial charge in [-0.15, -0.1) is 0 Å². The first-order chi connectivity index (χ1) is 4.84. The highest BCUT2D eigenvalue weighted by Crippen LogP contribution is 2.18. The Morgan fingerprint density at radius 2 is 1.90 bits per heavy atom. The van der Waals surface area contributed by atoms with Crippen molar-refractivity contribution in [3.05, 3.63) is 11.6 Å². The molecule has 2 nitrogen and oxygen atoms in total. The minimum atomic E-state index is 0.151. The molecule has 0 aromatic heterocycles. The van der Waals surface area contributed by atoms with Gasteiger partial charge in [-0.3, -0.25) is 9.59 Å². The molecule has 1 aliphatic carbocycles. The molecule has 1 saturated carbocycles. The minimum absolute atomic E-state index is 0.151. The van der Waals surface area contributed by atoms with Crippen molar-refractivity contribution >= 4 is 12.1 Å². The van der Waals surface area contributed by atoms with Gasteiger partial charge in [0.1, 0.15) is 6.29 Å². The van der Waals surface area contributed by atoms with Crippen LogP contribution in [0, 0.1) is 0 Å². The van der Waals surface area contributed by atoms with Gasteiger partial charge in [0.15, 0.2) is 5.78 Å². The fourth-order valence-corrected chi connectivity index (χ4v) is 1.16.